The molecule has 0 aliphatic rings. The number of hydrazone groups is 1. The number of fused-ring (bicyclic) bond motifs is 1. The molecule has 0 amide bonds. The minimum atomic E-state index is 0.363. The second-order valence-electron chi connectivity index (χ2n) is 3.04. The van der Waals surface area contributed by atoms with Gasteiger partial charge in [-0.3, -0.25) is 0 Å². The van der Waals surface area contributed by atoms with E-state index in [-0.39, 0.29) is 0 Å². The summed E-state index contributed by atoms with van der Waals surface area (Å²) in [7, 11) is 0. The number of amidine groups is 1. The summed E-state index contributed by atoms with van der Waals surface area (Å²) < 4.78 is 0. The zero-order valence-corrected chi connectivity index (χ0v) is 7.64. The first-order chi connectivity index (χ1) is 6.83. The highest BCUT2D eigenvalue weighted by Gasteiger charge is 2.02. The van der Waals surface area contributed by atoms with Gasteiger partial charge in [0.2, 0.25) is 0 Å². The van der Waals surface area contributed by atoms with Crippen LogP contribution in [0.1, 0.15) is 5.56 Å². The first-order valence-electron chi connectivity index (χ1n) is 4.34. The van der Waals surface area contributed by atoms with Crippen molar-refractivity contribution < 1.29 is 0 Å². The molecule has 14 heavy (non-hydrogen) atoms. The second kappa shape index (κ2) is 3.38. The Hall–Kier alpha value is -2.03. The van der Waals surface area contributed by atoms with Crippen LogP contribution in [0.5, 0.6) is 0 Å². The lowest BCUT2D eigenvalue weighted by Gasteiger charge is -2.04. The fraction of sp³-hybridized carbons (Fsp3) is 0. The Balaban J connectivity index is 2.77. The van der Waals surface area contributed by atoms with Crippen LogP contribution < -0.4 is 11.6 Å². The van der Waals surface area contributed by atoms with Gasteiger partial charge >= 0.3 is 0 Å². The Bertz CT molecular complexity index is 483. The Morgan fingerprint density at radius 2 is 1.71 bits per heavy atom. The van der Waals surface area contributed by atoms with Crippen LogP contribution in [-0.2, 0) is 0 Å². The van der Waals surface area contributed by atoms with Crippen molar-refractivity contribution in [3.8, 4) is 0 Å². The predicted octanol–water partition coefficient (Wildman–Crippen LogP) is 1.42. The smallest absolute Gasteiger partial charge is 0.150 e. The minimum absolute atomic E-state index is 0.363. The summed E-state index contributed by atoms with van der Waals surface area (Å²) >= 11 is 0. The molecule has 0 bridgehead atoms. The van der Waals surface area contributed by atoms with Gasteiger partial charge < -0.3 is 11.6 Å². The summed E-state index contributed by atoms with van der Waals surface area (Å²) in [6, 6.07) is 13.9. The van der Waals surface area contributed by atoms with E-state index < -0.39 is 0 Å². The molecule has 0 aliphatic heterocycles. The van der Waals surface area contributed by atoms with Crippen LogP contribution in [0.4, 0.5) is 0 Å². The molecule has 0 fully saturated rings. The molecule has 0 heterocycles. The summed E-state index contributed by atoms with van der Waals surface area (Å²) in [4.78, 5) is 0. The summed E-state index contributed by atoms with van der Waals surface area (Å²) in [5.41, 5.74) is 6.57. The topological polar surface area (TPSA) is 64.4 Å². The van der Waals surface area contributed by atoms with Crippen LogP contribution in [-0.4, -0.2) is 5.84 Å². The van der Waals surface area contributed by atoms with Crippen molar-refractivity contribution in [2.24, 2.45) is 16.7 Å². The zero-order chi connectivity index (χ0) is 9.97. The first kappa shape index (κ1) is 8.56. The van der Waals surface area contributed by atoms with Crippen molar-refractivity contribution >= 4 is 16.6 Å². The van der Waals surface area contributed by atoms with Gasteiger partial charge in [0.25, 0.3) is 0 Å². The molecule has 0 saturated heterocycles. The van der Waals surface area contributed by atoms with E-state index >= 15 is 0 Å². The number of hydrogen-bond acceptors (Lipinski definition) is 2. The van der Waals surface area contributed by atoms with Gasteiger partial charge in [0.1, 0.15) is 0 Å². The predicted molar refractivity (Wildman–Crippen MR) is 58.9 cm³/mol. The number of nitrogens with zero attached hydrogens (tertiary/aromatic N) is 1. The highest BCUT2D eigenvalue weighted by molar-refractivity contribution is 6.08. The second-order valence-corrected chi connectivity index (χ2v) is 3.04. The Kier molecular flexibility index (Phi) is 2.07. The van der Waals surface area contributed by atoms with Crippen molar-refractivity contribution in [3.05, 3.63) is 48.0 Å². The quantitative estimate of drug-likeness (QED) is 0.305. The molecule has 2 rings (SSSR count). The lowest BCUT2D eigenvalue weighted by Crippen LogP contribution is -2.15. The molecule has 2 aromatic rings. The van der Waals surface area contributed by atoms with E-state index in [9.17, 15) is 0 Å². The van der Waals surface area contributed by atoms with E-state index in [0.29, 0.717) is 5.84 Å². The van der Waals surface area contributed by atoms with Gasteiger partial charge in [-0.1, -0.05) is 42.5 Å². The van der Waals surface area contributed by atoms with E-state index in [0.717, 1.165) is 16.3 Å². The molecule has 4 N–H and O–H groups in total. The van der Waals surface area contributed by atoms with E-state index in [2.05, 4.69) is 5.10 Å². The van der Waals surface area contributed by atoms with Crippen LogP contribution >= 0.6 is 0 Å². The Morgan fingerprint density at radius 1 is 1.00 bits per heavy atom. The standard InChI is InChI=1S/C11H11N3/c12-11(14-13)10-7-3-5-8-4-1-2-6-9(8)10/h1-7H,13H2,(H2,12,14). The Morgan fingerprint density at radius 3 is 2.50 bits per heavy atom. The van der Waals surface area contributed by atoms with Crippen molar-refractivity contribution in [2.45, 2.75) is 0 Å². The maximum atomic E-state index is 5.69. The minimum Gasteiger partial charge on any atom is -0.382 e. The number of benzene rings is 2. The van der Waals surface area contributed by atoms with Crippen LogP contribution in [0.25, 0.3) is 10.8 Å². The molecule has 0 atom stereocenters. The van der Waals surface area contributed by atoms with Crippen LogP contribution in [0.15, 0.2) is 47.6 Å². The third-order valence-corrected chi connectivity index (χ3v) is 2.20. The van der Waals surface area contributed by atoms with Crippen molar-refractivity contribution in [2.75, 3.05) is 0 Å². The fourth-order valence-corrected chi connectivity index (χ4v) is 1.52. The van der Waals surface area contributed by atoms with E-state index in [4.69, 9.17) is 11.6 Å². The highest BCUT2D eigenvalue weighted by Crippen LogP contribution is 2.17. The molecule has 0 spiro atoms. The van der Waals surface area contributed by atoms with Gasteiger partial charge in [-0.15, -0.1) is 0 Å². The average molecular weight is 185 g/mol. The summed E-state index contributed by atoms with van der Waals surface area (Å²) in [6.07, 6.45) is 0. The maximum absolute atomic E-state index is 5.69. The van der Waals surface area contributed by atoms with Gasteiger partial charge in [-0.2, -0.15) is 5.10 Å². The Labute approximate surface area is 82.0 Å². The first-order valence-corrected chi connectivity index (χ1v) is 4.34. The van der Waals surface area contributed by atoms with Gasteiger partial charge in [0, 0.05) is 5.56 Å². The molecule has 2 aromatic carbocycles. The molecular weight excluding hydrogens is 174 g/mol. The van der Waals surface area contributed by atoms with Gasteiger partial charge in [-0.25, -0.2) is 0 Å². The molecule has 3 heteroatoms. The van der Waals surface area contributed by atoms with Gasteiger partial charge in [0.15, 0.2) is 5.84 Å². The average Bonchev–Trinajstić information content (AvgIpc) is 2.27. The van der Waals surface area contributed by atoms with E-state index in [1.165, 1.54) is 0 Å². The normalized spacial score (nSPS) is 11.9. The van der Waals surface area contributed by atoms with Crippen LogP contribution in [0, 0.1) is 0 Å². The number of hydrogen-bond donors (Lipinski definition) is 2. The molecule has 0 saturated carbocycles. The molecule has 0 radical (unpaired) electrons. The fourth-order valence-electron chi connectivity index (χ4n) is 1.52. The van der Waals surface area contributed by atoms with Gasteiger partial charge in [-0.05, 0) is 10.8 Å². The van der Waals surface area contributed by atoms with Crippen molar-refractivity contribution in [3.63, 3.8) is 0 Å². The van der Waals surface area contributed by atoms with Crippen molar-refractivity contribution in [1.29, 1.82) is 0 Å². The van der Waals surface area contributed by atoms with E-state index in [1.807, 2.05) is 42.5 Å². The zero-order valence-electron chi connectivity index (χ0n) is 7.64. The summed E-state index contributed by atoms with van der Waals surface area (Å²) in [6.45, 7) is 0. The third kappa shape index (κ3) is 1.29. The largest absolute Gasteiger partial charge is 0.382 e. The monoisotopic (exact) mass is 185 g/mol. The third-order valence-electron chi connectivity index (χ3n) is 2.20. The number of rotatable bonds is 1. The van der Waals surface area contributed by atoms with Crippen LogP contribution in [0.3, 0.4) is 0 Å². The molecular formula is C11H11N3. The number of nitrogens with two attached hydrogens (primary N) is 2. The maximum Gasteiger partial charge on any atom is 0.150 e. The lowest BCUT2D eigenvalue weighted by molar-refractivity contribution is 1.23. The van der Waals surface area contributed by atoms with Crippen LogP contribution in [0.2, 0.25) is 0 Å². The summed E-state index contributed by atoms with van der Waals surface area (Å²) in [5, 5.41) is 5.71. The van der Waals surface area contributed by atoms with Crippen molar-refractivity contribution in [1.82, 2.24) is 0 Å². The molecule has 0 aromatic heterocycles. The highest BCUT2D eigenvalue weighted by atomic mass is 15.2. The van der Waals surface area contributed by atoms with E-state index in [1.54, 1.807) is 0 Å². The molecule has 3 nitrogen and oxygen atoms in total. The molecule has 0 unspecified atom stereocenters. The lowest BCUT2D eigenvalue weighted by atomic mass is 10.0. The molecule has 0 aliphatic carbocycles. The molecule has 70 valence electrons. The SMILES string of the molecule is N/N=C(\N)c1cccc2ccccc12. The van der Waals surface area contributed by atoms with Gasteiger partial charge in [0.05, 0.1) is 0 Å². The summed E-state index contributed by atoms with van der Waals surface area (Å²) in [5.74, 6) is 5.52.